The first-order valence-electron chi connectivity index (χ1n) is 13.0. The topological polar surface area (TPSA) is 79.2 Å². The van der Waals surface area contributed by atoms with Gasteiger partial charge in [0.05, 0.1) is 13.2 Å². The number of rotatable bonds is 21. The summed E-state index contributed by atoms with van der Waals surface area (Å²) < 4.78 is 10.7. The van der Waals surface area contributed by atoms with E-state index < -0.39 is 24.4 Å². The lowest BCUT2D eigenvalue weighted by Gasteiger charge is -2.20. The Morgan fingerprint density at radius 2 is 1.32 bits per heavy atom. The molecule has 1 aliphatic rings. The standard InChI is InChI=1S/C26H50O5/c1-2-3-4-5-6-7-8-9-10-11-12-13-14-15-16-17-18-19-20-30-21-24(28)26-25(29)23(27)22-31-26/h14-15,23-29H,2-13,16-22H2,1H3/b15-14+/t23-,24+,25+,26+/m1/s1. The molecule has 3 N–H and O–H groups in total. The number of allylic oxidation sites excluding steroid dienone is 2. The molecule has 1 heterocycles. The maximum Gasteiger partial charge on any atom is 0.114 e. The Morgan fingerprint density at radius 3 is 1.84 bits per heavy atom. The number of unbranched alkanes of at least 4 members (excludes halogenated alkanes) is 14. The fourth-order valence-corrected chi connectivity index (χ4v) is 4.07. The molecule has 0 aromatic heterocycles. The number of aliphatic hydroxyl groups is 3. The molecule has 1 saturated heterocycles. The fourth-order valence-electron chi connectivity index (χ4n) is 4.07. The zero-order valence-electron chi connectivity index (χ0n) is 20.1. The summed E-state index contributed by atoms with van der Waals surface area (Å²) in [7, 11) is 0. The van der Waals surface area contributed by atoms with E-state index in [2.05, 4.69) is 19.1 Å². The van der Waals surface area contributed by atoms with Crippen LogP contribution in [0.4, 0.5) is 0 Å². The van der Waals surface area contributed by atoms with Crippen LogP contribution in [0, 0.1) is 0 Å². The van der Waals surface area contributed by atoms with Gasteiger partial charge in [-0.3, -0.25) is 0 Å². The van der Waals surface area contributed by atoms with Crippen LogP contribution in [0.5, 0.6) is 0 Å². The quantitative estimate of drug-likeness (QED) is 0.166. The van der Waals surface area contributed by atoms with Crippen LogP contribution in [0.25, 0.3) is 0 Å². The first-order chi connectivity index (χ1) is 15.2. The summed E-state index contributed by atoms with van der Waals surface area (Å²) in [5, 5.41) is 29.1. The van der Waals surface area contributed by atoms with Crippen molar-refractivity contribution in [2.45, 2.75) is 134 Å². The second-order valence-corrected chi connectivity index (χ2v) is 9.14. The van der Waals surface area contributed by atoms with Gasteiger partial charge in [0.15, 0.2) is 0 Å². The molecule has 0 spiro atoms. The predicted octanol–water partition coefficient (Wildman–Crippen LogP) is 5.30. The molecule has 0 aromatic carbocycles. The van der Waals surface area contributed by atoms with Crippen LogP contribution in [0.2, 0.25) is 0 Å². The number of aliphatic hydroxyl groups excluding tert-OH is 3. The molecule has 1 fully saturated rings. The highest BCUT2D eigenvalue weighted by Crippen LogP contribution is 2.18. The van der Waals surface area contributed by atoms with E-state index in [1.807, 2.05) is 0 Å². The van der Waals surface area contributed by atoms with E-state index in [9.17, 15) is 15.3 Å². The molecule has 5 heteroatoms. The number of hydrogen-bond donors (Lipinski definition) is 3. The van der Waals surface area contributed by atoms with Crippen LogP contribution in [0.15, 0.2) is 12.2 Å². The molecular weight excluding hydrogens is 392 g/mol. The van der Waals surface area contributed by atoms with Crippen molar-refractivity contribution < 1.29 is 24.8 Å². The van der Waals surface area contributed by atoms with E-state index in [1.54, 1.807) is 0 Å². The van der Waals surface area contributed by atoms with Gasteiger partial charge in [-0.2, -0.15) is 0 Å². The van der Waals surface area contributed by atoms with Crippen molar-refractivity contribution in [3.05, 3.63) is 12.2 Å². The minimum absolute atomic E-state index is 0.0651. The molecule has 0 amide bonds. The van der Waals surface area contributed by atoms with E-state index in [1.165, 1.54) is 77.0 Å². The Kier molecular flexibility index (Phi) is 18.6. The van der Waals surface area contributed by atoms with Gasteiger partial charge in [-0.1, -0.05) is 89.7 Å². The van der Waals surface area contributed by atoms with Crippen LogP contribution in [0.1, 0.15) is 110 Å². The number of hydrogen-bond acceptors (Lipinski definition) is 5. The molecule has 184 valence electrons. The molecular formula is C26H50O5. The normalized spacial score (nSPS) is 22.5. The van der Waals surface area contributed by atoms with Crippen molar-refractivity contribution in [1.29, 1.82) is 0 Å². The lowest BCUT2D eigenvalue weighted by atomic mass is 10.1. The van der Waals surface area contributed by atoms with Crippen molar-refractivity contribution >= 4 is 0 Å². The molecule has 5 nitrogen and oxygen atoms in total. The highest BCUT2D eigenvalue weighted by atomic mass is 16.5. The summed E-state index contributed by atoms with van der Waals surface area (Å²) >= 11 is 0. The monoisotopic (exact) mass is 442 g/mol. The van der Waals surface area contributed by atoms with Crippen LogP contribution in [-0.2, 0) is 9.47 Å². The van der Waals surface area contributed by atoms with Crippen molar-refractivity contribution in [2.24, 2.45) is 0 Å². The summed E-state index contributed by atoms with van der Waals surface area (Å²) in [5.74, 6) is 0. The second-order valence-electron chi connectivity index (χ2n) is 9.14. The van der Waals surface area contributed by atoms with Gasteiger partial charge in [0, 0.05) is 6.61 Å². The molecule has 0 bridgehead atoms. The van der Waals surface area contributed by atoms with Crippen LogP contribution in [0.3, 0.4) is 0 Å². The van der Waals surface area contributed by atoms with Gasteiger partial charge in [-0.05, 0) is 32.1 Å². The van der Waals surface area contributed by atoms with E-state index in [4.69, 9.17) is 9.47 Å². The summed E-state index contributed by atoms with van der Waals surface area (Å²) in [5.41, 5.74) is 0. The zero-order valence-corrected chi connectivity index (χ0v) is 20.1. The van der Waals surface area contributed by atoms with Crippen LogP contribution >= 0.6 is 0 Å². The average molecular weight is 443 g/mol. The van der Waals surface area contributed by atoms with Crippen molar-refractivity contribution in [3.63, 3.8) is 0 Å². The molecule has 0 aromatic rings. The van der Waals surface area contributed by atoms with E-state index >= 15 is 0 Å². The largest absolute Gasteiger partial charge is 0.388 e. The minimum Gasteiger partial charge on any atom is -0.388 e. The van der Waals surface area contributed by atoms with Gasteiger partial charge < -0.3 is 24.8 Å². The van der Waals surface area contributed by atoms with Gasteiger partial charge >= 0.3 is 0 Å². The molecule has 0 saturated carbocycles. The van der Waals surface area contributed by atoms with Crippen LogP contribution < -0.4 is 0 Å². The van der Waals surface area contributed by atoms with Gasteiger partial charge in [-0.15, -0.1) is 0 Å². The van der Waals surface area contributed by atoms with Crippen LogP contribution in [-0.4, -0.2) is 59.6 Å². The molecule has 1 rings (SSSR count). The summed E-state index contributed by atoms with van der Waals surface area (Å²) in [6.45, 7) is 3.07. The average Bonchev–Trinajstić information content (AvgIpc) is 3.10. The minimum atomic E-state index is -1.03. The molecule has 0 radical (unpaired) electrons. The van der Waals surface area contributed by atoms with Gasteiger partial charge in [0.2, 0.25) is 0 Å². The third-order valence-corrected chi connectivity index (χ3v) is 6.16. The van der Waals surface area contributed by atoms with E-state index in [0.717, 1.165) is 25.7 Å². The molecule has 0 aliphatic carbocycles. The lowest BCUT2D eigenvalue weighted by molar-refractivity contribution is -0.0813. The molecule has 4 atom stereocenters. The Morgan fingerprint density at radius 1 is 0.806 bits per heavy atom. The lowest BCUT2D eigenvalue weighted by Crippen LogP contribution is -2.40. The molecule has 1 aliphatic heterocycles. The Labute approximate surface area is 191 Å². The highest BCUT2D eigenvalue weighted by molar-refractivity contribution is 4.87. The van der Waals surface area contributed by atoms with Crippen molar-refractivity contribution in [1.82, 2.24) is 0 Å². The Bertz CT molecular complexity index is 415. The SMILES string of the molecule is CCCCCCCCCCCCC/C=C/CCCCCOC[C@H](O)[C@@H]1OC[C@@H](O)[C@@H]1O. The first kappa shape index (κ1) is 28.6. The Hall–Kier alpha value is -0.460. The highest BCUT2D eigenvalue weighted by Gasteiger charge is 2.39. The predicted molar refractivity (Wildman–Crippen MR) is 127 cm³/mol. The van der Waals surface area contributed by atoms with Gasteiger partial charge in [-0.25, -0.2) is 0 Å². The van der Waals surface area contributed by atoms with Gasteiger partial charge in [0.25, 0.3) is 0 Å². The third kappa shape index (κ3) is 15.1. The maximum absolute atomic E-state index is 9.96. The van der Waals surface area contributed by atoms with E-state index in [-0.39, 0.29) is 13.2 Å². The van der Waals surface area contributed by atoms with Crippen molar-refractivity contribution in [2.75, 3.05) is 19.8 Å². The zero-order chi connectivity index (χ0) is 22.6. The molecule has 31 heavy (non-hydrogen) atoms. The molecule has 0 unspecified atom stereocenters. The number of ether oxygens (including phenoxy) is 2. The maximum atomic E-state index is 9.96. The van der Waals surface area contributed by atoms with E-state index in [0.29, 0.717) is 6.61 Å². The third-order valence-electron chi connectivity index (χ3n) is 6.16. The fraction of sp³-hybridized carbons (Fsp3) is 0.923. The van der Waals surface area contributed by atoms with Crippen molar-refractivity contribution in [3.8, 4) is 0 Å². The smallest absolute Gasteiger partial charge is 0.114 e. The summed E-state index contributed by atoms with van der Waals surface area (Å²) in [6.07, 6.45) is 22.0. The van der Waals surface area contributed by atoms with Gasteiger partial charge in [0.1, 0.15) is 24.4 Å². The first-order valence-corrected chi connectivity index (χ1v) is 13.0. The summed E-state index contributed by atoms with van der Waals surface area (Å²) in [4.78, 5) is 0. The second kappa shape index (κ2) is 20.2. The Balaban J connectivity index is 1.77. The summed E-state index contributed by atoms with van der Waals surface area (Å²) in [6, 6.07) is 0.